The van der Waals surface area contributed by atoms with E-state index in [9.17, 15) is 9.18 Å². The highest BCUT2D eigenvalue weighted by Crippen LogP contribution is 2.34. The molecule has 2 aliphatic heterocycles. The highest BCUT2D eigenvalue weighted by molar-refractivity contribution is 7.99. The van der Waals surface area contributed by atoms with Gasteiger partial charge in [0.05, 0.1) is 18.8 Å². The summed E-state index contributed by atoms with van der Waals surface area (Å²) in [4.78, 5) is 13.4. The summed E-state index contributed by atoms with van der Waals surface area (Å²) in [6.45, 7) is 2.36. The Bertz CT molecular complexity index is 640. The van der Waals surface area contributed by atoms with E-state index in [0.29, 0.717) is 24.3 Å². The minimum Gasteiger partial charge on any atom is -0.442 e. The summed E-state index contributed by atoms with van der Waals surface area (Å²) in [5.41, 5.74) is 6.52. The van der Waals surface area contributed by atoms with Crippen molar-refractivity contribution in [2.24, 2.45) is 5.73 Å². The van der Waals surface area contributed by atoms with Crippen LogP contribution in [-0.4, -0.2) is 49.2 Å². The Hall–Kier alpha value is -1.58. The predicted octanol–water partition coefficient (Wildman–Crippen LogP) is 1.36. The first-order valence-electron chi connectivity index (χ1n) is 7.68. The summed E-state index contributed by atoms with van der Waals surface area (Å²) in [6.07, 6.45) is -0.870. The summed E-state index contributed by atoms with van der Waals surface area (Å²) in [6, 6.07) is 4.91. The summed E-state index contributed by atoms with van der Waals surface area (Å²) < 4.78 is 19.7. The number of cyclic esters (lactones) is 1. The number of benzene rings is 1. The average molecular weight is 370 g/mol. The maximum atomic E-state index is 14.5. The molecule has 0 saturated carbocycles. The molecule has 2 saturated heterocycles. The van der Waals surface area contributed by atoms with Gasteiger partial charge in [-0.15, -0.1) is 0 Å². The number of anilines is 1. The largest absolute Gasteiger partial charge is 0.442 e. The molecule has 130 valence electrons. The molecule has 1 aromatic rings. The van der Waals surface area contributed by atoms with E-state index in [4.69, 9.17) is 22.7 Å². The average Bonchev–Trinajstić information content (AvgIpc) is 2.94. The van der Waals surface area contributed by atoms with Crippen molar-refractivity contribution in [2.75, 3.05) is 36.8 Å². The van der Waals surface area contributed by atoms with Crippen LogP contribution in [0.15, 0.2) is 18.2 Å². The zero-order valence-electron chi connectivity index (χ0n) is 13.0. The third kappa shape index (κ3) is 3.90. The lowest BCUT2D eigenvalue weighted by molar-refractivity contribution is 0.143. The molecule has 3 rings (SSSR count). The normalized spacial score (nSPS) is 23.9. The lowest BCUT2D eigenvalue weighted by atomic mass is 10.1. The molecule has 0 aliphatic carbocycles. The van der Waals surface area contributed by atoms with Crippen molar-refractivity contribution in [3.05, 3.63) is 29.6 Å². The van der Waals surface area contributed by atoms with Gasteiger partial charge < -0.3 is 21.1 Å². The number of ether oxygens (including phenoxy) is 1. The highest BCUT2D eigenvalue weighted by atomic mass is 32.2. The predicted molar refractivity (Wildman–Crippen MR) is 96.9 cm³/mol. The molecule has 0 aromatic heterocycles. The van der Waals surface area contributed by atoms with E-state index in [-0.39, 0.29) is 22.3 Å². The fourth-order valence-electron chi connectivity index (χ4n) is 2.76. The zero-order valence-corrected chi connectivity index (χ0v) is 14.6. The minimum atomic E-state index is -0.495. The van der Waals surface area contributed by atoms with Crippen molar-refractivity contribution in [1.82, 2.24) is 10.6 Å². The first-order chi connectivity index (χ1) is 11.5. The lowest BCUT2D eigenvalue weighted by Gasteiger charge is -2.24. The van der Waals surface area contributed by atoms with Gasteiger partial charge in [-0.25, -0.2) is 9.18 Å². The highest BCUT2D eigenvalue weighted by Gasteiger charge is 2.33. The van der Waals surface area contributed by atoms with Crippen molar-refractivity contribution in [3.8, 4) is 0 Å². The molecule has 2 aliphatic rings. The molecule has 0 spiro atoms. The maximum Gasteiger partial charge on any atom is 0.414 e. The number of nitrogens with one attached hydrogen (secondary N) is 2. The Balaban J connectivity index is 1.69. The van der Waals surface area contributed by atoms with E-state index in [1.807, 2.05) is 0 Å². The molecule has 0 radical (unpaired) electrons. The fourth-order valence-corrected chi connectivity index (χ4v) is 4.00. The number of nitrogens with zero attached hydrogens (tertiary/aromatic N) is 1. The Kier molecular flexibility index (Phi) is 5.42. The summed E-state index contributed by atoms with van der Waals surface area (Å²) in [5, 5.41) is 6.28. The Morgan fingerprint density at radius 3 is 3.08 bits per heavy atom. The molecule has 6 nitrogen and oxygen atoms in total. The number of hydrogen-bond donors (Lipinski definition) is 3. The van der Waals surface area contributed by atoms with Gasteiger partial charge in [0, 0.05) is 29.7 Å². The third-order valence-electron chi connectivity index (χ3n) is 3.95. The SMILES string of the molecule is NC(=S)NC[C@H]1CN(c2ccc(C3CNCCS3)c(F)c2)C(=O)O1. The van der Waals surface area contributed by atoms with E-state index in [0.717, 1.165) is 18.8 Å². The number of hydrogen-bond acceptors (Lipinski definition) is 5. The van der Waals surface area contributed by atoms with Crippen molar-refractivity contribution >= 4 is 40.9 Å². The second kappa shape index (κ2) is 7.54. The van der Waals surface area contributed by atoms with Crippen molar-refractivity contribution in [2.45, 2.75) is 11.4 Å². The number of rotatable bonds is 4. The van der Waals surface area contributed by atoms with Crippen LogP contribution in [0.5, 0.6) is 0 Å². The van der Waals surface area contributed by atoms with Crippen LogP contribution in [0.4, 0.5) is 14.9 Å². The quantitative estimate of drug-likeness (QED) is 0.691. The van der Waals surface area contributed by atoms with Crippen molar-refractivity contribution in [1.29, 1.82) is 0 Å². The molecule has 2 heterocycles. The molecule has 4 N–H and O–H groups in total. The second-order valence-electron chi connectivity index (χ2n) is 5.63. The number of carbonyl (C=O) groups excluding carboxylic acids is 1. The molecule has 9 heteroatoms. The Morgan fingerprint density at radius 2 is 2.42 bits per heavy atom. The molecule has 1 amide bonds. The van der Waals surface area contributed by atoms with Crippen LogP contribution in [0.2, 0.25) is 0 Å². The molecule has 1 unspecified atom stereocenters. The molecule has 0 bridgehead atoms. The Labute approximate surface area is 149 Å². The number of thioether (sulfide) groups is 1. The van der Waals surface area contributed by atoms with Crippen LogP contribution in [0.25, 0.3) is 0 Å². The first kappa shape index (κ1) is 17.2. The van der Waals surface area contributed by atoms with Gasteiger partial charge in [-0.2, -0.15) is 11.8 Å². The van der Waals surface area contributed by atoms with Gasteiger partial charge in [0.1, 0.15) is 11.9 Å². The van der Waals surface area contributed by atoms with Crippen LogP contribution in [0.1, 0.15) is 10.8 Å². The van der Waals surface area contributed by atoms with Crippen molar-refractivity contribution < 1.29 is 13.9 Å². The second-order valence-corrected chi connectivity index (χ2v) is 7.38. The van der Waals surface area contributed by atoms with Crippen LogP contribution >= 0.6 is 24.0 Å². The van der Waals surface area contributed by atoms with Crippen LogP contribution in [0, 0.1) is 5.82 Å². The zero-order chi connectivity index (χ0) is 17.1. The molecular formula is C15H19FN4O2S2. The van der Waals surface area contributed by atoms with Crippen LogP contribution < -0.4 is 21.3 Å². The molecule has 1 aromatic carbocycles. The third-order valence-corrected chi connectivity index (χ3v) is 5.36. The van der Waals surface area contributed by atoms with Crippen LogP contribution in [0.3, 0.4) is 0 Å². The van der Waals surface area contributed by atoms with Gasteiger partial charge in [0.25, 0.3) is 0 Å². The Morgan fingerprint density at radius 1 is 1.58 bits per heavy atom. The fraction of sp³-hybridized carbons (Fsp3) is 0.467. The van der Waals surface area contributed by atoms with Gasteiger partial charge in [0.15, 0.2) is 5.11 Å². The van der Waals surface area contributed by atoms with E-state index >= 15 is 0 Å². The number of halogens is 1. The molecular weight excluding hydrogens is 351 g/mol. The van der Waals surface area contributed by atoms with Gasteiger partial charge >= 0.3 is 6.09 Å². The molecule has 24 heavy (non-hydrogen) atoms. The minimum absolute atomic E-state index is 0.0980. The number of thiocarbonyl (C=S) groups is 1. The van der Waals surface area contributed by atoms with Crippen LogP contribution in [-0.2, 0) is 4.74 Å². The van der Waals surface area contributed by atoms with Gasteiger partial charge in [-0.05, 0) is 24.4 Å². The number of carbonyl (C=O) groups is 1. The topological polar surface area (TPSA) is 79.6 Å². The smallest absolute Gasteiger partial charge is 0.414 e. The lowest BCUT2D eigenvalue weighted by Crippen LogP contribution is -2.37. The summed E-state index contributed by atoms with van der Waals surface area (Å²) in [5.74, 6) is 0.661. The van der Waals surface area contributed by atoms with E-state index < -0.39 is 6.09 Å². The van der Waals surface area contributed by atoms with Gasteiger partial charge in [-0.1, -0.05) is 6.07 Å². The maximum absolute atomic E-state index is 14.5. The first-order valence-corrected chi connectivity index (χ1v) is 9.13. The number of nitrogens with two attached hydrogens (primary N) is 1. The van der Waals surface area contributed by atoms with E-state index in [2.05, 4.69) is 10.6 Å². The molecule has 2 atom stereocenters. The molecule has 2 fully saturated rings. The van der Waals surface area contributed by atoms with Gasteiger partial charge in [0.2, 0.25) is 0 Å². The van der Waals surface area contributed by atoms with Gasteiger partial charge in [-0.3, -0.25) is 4.90 Å². The number of amides is 1. The van der Waals surface area contributed by atoms with E-state index in [1.165, 1.54) is 11.0 Å². The monoisotopic (exact) mass is 370 g/mol. The standard InChI is InChI=1S/C15H19FN4O2S2/c16-12-5-9(1-2-11(12)13-7-18-3-4-24-13)20-8-10(22-15(20)21)6-19-14(17)23/h1-2,5,10,13,18H,3-4,6-8H2,(H3,17,19,23)/t10-,13?/m0/s1. The summed E-state index contributed by atoms with van der Waals surface area (Å²) in [7, 11) is 0. The summed E-state index contributed by atoms with van der Waals surface area (Å²) >= 11 is 6.47. The van der Waals surface area contributed by atoms with E-state index in [1.54, 1.807) is 23.9 Å². The van der Waals surface area contributed by atoms with Crippen molar-refractivity contribution in [3.63, 3.8) is 0 Å².